The first-order valence-corrected chi connectivity index (χ1v) is 9.89. The van der Waals surface area contributed by atoms with Crippen molar-refractivity contribution < 1.29 is 8.42 Å². The van der Waals surface area contributed by atoms with Crippen LogP contribution in [0, 0.1) is 6.92 Å². The topological polar surface area (TPSA) is 37.4 Å². The monoisotopic (exact) mass is 339 g/mol. The van der Waals surface area contributed by atoms with Gasteiger partial charge in [-0.1, -0.05) is 13.8 Å². The molecule has 2 rings (SSSR count). The maximum Gasteiger partial charge on any atom is 0.244 e. The lowest BCUT2D eigenvalue weighted by Crippen LogP contribution is -2.43. The summed E-state index contributed by atoms with van der Waals surface area (Å²) in [5.41, 5.74) is 0. The molecule has 1 aromatic heterocycles. The van der Waals surface area contributed by atoms with Crippen LogP contribution in [0.15, 0.2) is 11.0 Å². The second kappa shape index (κ2) is 5.93. The van der Waals surface area contributed by atoms with Gasteiger partial charge in [-0.05, 0) is 13.0 Å². The maximum absolute atomic E-state index is 12.7. The van der Waals surface area contributed by atoms with Gasteiger partial charge >= 0.3 is 0 Å². The minimum atomic E-state index is -3.38. The van der Waals surface area contributed by atoms with Crippen molar-refractivity contribution in [3.63, 3.8) is 0 Å². The average molecular weight is 340 g/mol. The molecule has 2 heterocycles. The minimum absolute atomic E-state index is 0.338. The van der Waals surface area contributed by atoms with E-state index in [4.69, 9.17) is 11.6 Å². The van der Waals surface area contributed by atoms with Gasteiger partial charge in [0.25, 0.3) is 0 Å². The van der Waals surface area contributed by atoms with Crippen LogP contribution in [0.3, 0.4) is 0 Å². The first-order valence-electron chi connectivity index (χ1n) is 6.15. The highest BCUT2D eigenvalue weighted by atomic mass is 35.5. The van der Waals surface area contributed by atoms with Gasteiger partial charge in [0.1, 0.15) is 0 Å². The molecular formula is C12H18ClNO2S3. The highest BCUT2D eigenvalue weighted by Gasteiger charge is 2.33. The largest absolute Gasteiger partial charge is 0.244 e. The van der Waals surface area contributed by atoms with Crippen molar-refractivity contribution in [3.8, 4) is 0 Å². The molecule has 108 valence electrons. The first kappa shape index (κ1) is 15.6. The molecule has 2 atom stereocenters. The molecule has 3 nitrogen and oxygen atoms in total. The van der Waals surface area contributed by atoms with E-state index < -0.39 is 10.0 Å². The van der Waals surface area contributed by atoms with Crippen LogP contribution in [-0.4, -0.2) is 36.3 Å². The Hall–Kier alpha value is 0.250. The van der Waals surface area contributed by atoms with E-state index in [0.717, 1.165) is 9.75 Å². The molecule has 1 aliphatic rings. The van der Waals surface area contributed by atoms with Gasteiger partial charge in [-0.2, -0.15) is 16.1 Å². The summed E-state index contributed by atoms with van der Waals surface area (Å²) in [4.78, 5) is 2.17. The molecule has 1 aliphatic heterocycles. The van der Waals surface area contributed by atoms with Crippen LogP contribution in [0.5, 0.6) is 0 Å². The van der Waals surface area contributed by atoms with Crippen molar-refractivity contribution in [2.45, 2.75) is 42.0 Å². The molecule has 2 unspecified atom stereocenters. The Morgan fingerprint density at radius 2 is 1.95 bits per heavy atom. The lowest BCUT2D eigenvalue weighted by atomic mass is 10.4. The predicted octanol–water partition coefficient (Wildman–Crippen LogP) is 3.31. The highest BCUT2D eigenvalue weighted by molar-refractivity contribution is 8.00. The Morgan fingerprint density at radius 3 is 2.42 bits per heavy atom. The van der Waals surface area contributed by atoms with Crippen molar-refractivity contribution in [3.05, 3.63) is 15.8 Å². The van der Waals surface area contributed by atoms with Gasteiger partial charge in [0.05, 0.1) is 10.8 Å². The van der Waals surface area contributed by atoms with Crippen LogP contribution in [0.2, 0.25) is 0 Å². The molecule has 0 N–H and O–H groups in total. The molecule has 0 aromatic carbocycles. The molecule has 0 radical (unpaired) electrons. The molecule has 7 heteroatoms. The van der Waals surface area contributed by atoms with Crippen molar-refractivity contribution in [2.24, 2.45) is 0 Å². The van der Waals surface area contributed by atoms with Crippen LogP contribution in [0.1, 0.15) is 23.6 Å². The van der Waals surface area contributed by atoms with Gasteiger partial charge < -0.3 is 0 Å². The van der Waals surface area contributed by atoms with Gasteiger partial charge in [0, 0.05) is 33.3 Å². The lowest BCUT2D eigenvalue weighted by molar-refractivity contribution is 0.405. The number of sulfonamides is 1. The molecule has 1 fully saturated rings. The Labute approximate surface area is 128 Å². The number of alkyl halides is 1. The fraction of sp³-hybridized carbons (Fsp3) is 0.667. The molecule has 0 spiro atoms. The van der Waals surface area contributed by atoms with E-state index in [1.54, 1.807) is 10.4 Å². The summed E-state index contributed by atoms with van der Waals surface area (Å²) in [5, 5.41) is 0.676. The quantitative estimate of drug-likeness (QED) is 0.793. The van der Waals surface area contributed by atoms with Crippen LogP contribution in [-0.2, 0) is 15.9 Å². The van der Waals surface area contributed by atoms with Gasteiger partial charge in [-0.3, -0.25) is 0 Å². The third kappa shape index (κ3) is 3.29. The average Bonchev–Trinajstić information content (AvgIpc) is 2.70. The summed E-state index contributed by atoms with van der Waals surface area (Å²) >= 11 is 9.10. The smallest absolute Gasteiger partial charge is 0.207 e. The maximum atomic E-state index is 12.7. The highest BCUT2D eigenvalue weighted by Crippen LogP contribution is 2.33. The summed E-state index contributed by atoms with van der Waals surface area (Å²) in [6.45, 7) is 7.17. The van der Waals surface area contributed by atoms with E-state index in [1.165, 1.54) is 11.3 Å². The predicted molar refractivity (Wildman–Crippen MR) is 83.9 cm³/mol. The van der Waals surface area contributed by atoms with Crippen molar-refractivity contribution in [1.82, 2.24) is 4.31 Å². The molecular weight excluding hydrogens is 322 g/mol. The lowest BCUT2D eigenvalue weighted by Gasteiger charge is -2.33. The number of rotatable bonds is 3. The zero-order valence-corrected chi connectivity index (χ0v) is 14.4. The van der Waals surface area contributed by atoms with Gasteiger partial charge in [0.15, 0.2) is 0 Å². The minimum Gasteiger partial charge on any atom is -0.207 e. The molecule has 1 saturated heterocycles. The fourth-order valence-electron chi connectivity index (χ4n) is 2.31. The molecule has 0 saturated carbocycles. The third-order valence-electron chi connectivity index (χ3n) is 3.06. The number of nitrogens with zero attached hydrogens (tertiary/aromatic N) is 1. The van der Waals surface area contributed by atoms with Crippen molar-refractivity contribution in [1.29, 1.82) is 0 Å². The third-order valence-corrected chi connectivity index (χ3v) is 7.87. The summed E-state index contributed by atoms with van der Waals surface area (Å²) < 4.78 is 27.0. The molecule has 19 heavy (non-hydrogen) atoms. The second-order valence-corrected chi connectivity index (χ2v) is 10.2. The molecule has 1 aromatic rings. The number of aryl methyl sites for hydroxylation is 1. The Morgan fingerprint density at radius 1 is 1.37 bits per heavy atom. The normalized spacial score (nSPS) is 25.7. The van der Waals surface area contributed by atoms with Gasteiger partial charge in [-0.25, -0.2) is 8.42 Å². The summed E-state index contributed by atoms with van der Waals surface area (Å²) in [6.07, 6.45) is 0. The van der Waals surface area contributed by atoms with E-state index >= 15 is 0 Å². The van der Waals surface area contributed by atoms with Crippen LogP contribution >= 0.6 is 34.7 Å². The second-order valence-electron chi connectivity index (χ2n) is 4.85. The summed E-state index contributed by atoms with van der Waals surface area (Å²) in [5.74, 6) is 0.365. The van der Waals surface area contributed by atoms with Gasteiger partial charge in [-0.15, -0.1) is 22.9 Å². The standard InChI is InChI=1S/C12H18ClNO2S3/c1-8-6-14(7-9(2)17-8)19(15,16)12-4-11(5-13)18-10(12)3/h4,8-9H,5-7H2,1-3H3. The van der Waals surface area contributed by atoms with E-state index in [2.05, 4.69) is 13.8 Å². The summed E-state index contributed by atoms with van der Waals surface area (Å²) in [6, 6.07) is 1.72. The Bertz CT molecular complexity index is 545. The van der Waals surface area contributed by atoms with Crippen molar-refractivity contribution >= 4 is 44.7 Å². The molecule has 0 bridgehead atoms. The molecule has 0 amide bonds. The van der Waals surface area contributed by atoms with E-state index in [1.807, 2.05) is 18.7 Å². The Kier molecular flexibility index (Phi) is 4.88. The van der Waals surface area contributed by atoms with E-state index in [0.29, 0.717) is 34.4 Å². The van der Waals surface area contributed by atoms with Crippen molar-refractivity contribution in [2.75, 3.05) is 13.1 Å². The number of thiophene rings is 1. The SMILES string of the molecule is Cc1sc(CCl)cc1S(=O)(=O)N1CC(C)SC(C)C1. The van der Waals surface area contributed by atoms with Crippen LogP contribution in [0.4, 0.5) is 0 Å². The number of hydrogen-bond donors (Lipinski definition) is 0. The van der Waals surface area contributed by atoms with Crippen LogP contribution in [0.25, 0.3) is 0 Å². The number of thioether (sulfide) groups is 1. The Balaban J connectivity index is 2.33. The van der Waals surface area contributed by atoms with Crippen LogP contribution < -0.4 is 0 Å². The molecule has 0 aliphatic carbocycles. The zero-order valence-electron chi connectivity index (χ0n) is 11.2. The van der Waals surface area contributed by atoms with Gasteiger partial charge in [0.2, 0.25) is 10.0 Å². The van der Waals surface area contributed by atoms with E-state index in [-0.39, 0.29) is 0 Å². The first-order chi connectivity index (χ1) is 8.84. The fourth-order valence-corrected chi connectivity index (χ4v) is 7.14. The zero-order chi connectivity index (χ0) is 14.2. The van der Waals surface area contributed by atoms with E-state index in [9.17, 15) is 8.42 Å². The number of hydrogen-bond acceptors (Lipinski definition) is 4. The number of halogens is 1. The summed E-state index contributed by atoms with van der Waals surface area (Å²) in [7, 11) is -3.38.